The molecule has 132 valence electrons. The number of hydrogen-bond acceptors (Lipinski definition) is 5. The highest BCUT2D eigenvalue weighted by Crippen LogP contribution is 2.53. The van der Waals surface area contributed by atoms with E-state index in [-0.39, 0.29) is 17.2 Å². The SMILES string of the molecule is COC1=C[C@@]23CCN(C)[C@H](Cc4cc(OC)c(OC)cc42)C3=CC1=O. The Labute approximate surface area is 147 Å². The summed E-state index contributed by atoms with van der Waals surface area (Å²) in [6.07, 6.45) is 5.59. The Morgan fingerprint density at radius 3 is 2.52 bits per heavy atom. The van der Waals surface area contributed by atoms with Gasteiger partial charge in [0.05, 0.1) is 21.3 Å². The van der Waals surface area contributed by atoms with Gasteiger partial charge in [-0.3, -0.25) is 9.69 Å². The van der Waals surface area contributed by atoms with Crippen LogP contribution in [0.25, 0.3) is 0 Å². The van der Waals surface area contributed by atoms with Gasteiger partial charge in [-0.25, -0.2) is 0 Å². The van der Waals surface area contributed by atoms with Crippen LogP contribution in [0.5, 0.6) is 11.5 Å². The van der Waals surface area contributed by atoms with Crippen LogP contribution in [-0.4, -0.2) is 51.6 Å². The minimum absolute atomic E-state index is 0.0441. The number of carbonyl (C=O) groups is 1. The quantitative estimate of drug-likeness (QED) is 0.844. The lowest BCUT2D eigenvalue weighted by Crippen LogP contribution is -2.54. The number of ether oxygens (including phenoxy) is 3. The molecule has 25 heavy (non-hydrogen) atoms. The van der Waals surface area contributed by atoms with Gasteiger partial charge in [-0.2, -0.15) is 0 Å². The number of nitrogens with zero attached hydrogens (tertiary/aromatic N) is 1. The number of carbonyl (C=O) groups excluding carboxylic acids is 1. The lowest BCUT2D eigenvalue weighted by atomic mass is 9.59. The maximum atomic E-state index is 12.4. The van der Waals surface area contributed by atoms with E-state index in [1.54, 1.807) is 27.4 Å². The third-order valence-electron chi connectivity index (χ3n) is 5.90. The zero-order chi connectivity index (χ0) is 17.8. The van der Waals surface area contributed by atoms with Crippen molar-refractivity contribution in [1.82, 2.24) is 4.90 Å². The minimum atomic E-state index is -0.302. The Morgan fingerprint density at radius 2 is 1.84 bits per heavy atom. The monoisotopic (exact) mass is 341 g/mol. The van der Waals surface area contributed by atoms with Crippen LogP contribution in [0.4, 0.5) is 0 Å². The summed E-state index contributed by atoms with van der Waals surface area (Å²) in [6, 6.07) is 4.37. The molecule has 2 aliphatic carbocycles. The summed E-state index contributed by atoms with van der Waals surface area (Å²) in [7, 11) is 7.00. The molecule has 0 aromatic heterocycles. The fourth-order valence-electron chi connectivity index (χ4n) is 4.58. The second-order valence-corrected chi connectivity index (χ2v) is 6.96. The number of fused-ring (bicyclic) bond motifs is 1. The number of methoxy groups -OCH3 is 3. The molecule has 0 spiro atoms. The number of likely N-dealkylation sites (N-methyl/N-ethyl adjacent to an activating group) is 1. The van der Waals surface area contributed by atoms with Crippen molar-refractivity contribution in [2.75, 3.05) is 34.9 Å². The van der Waals surface area contributed by atoms with E-state index in [0.717, 1.165) is 30.9 Å². The molecule has 1 aromatic carbocycles. The smallest absolute Gasteiger partial charge is 0.220 e. The summed E-state index contributed by atoms with van der Waals surface area (Å²) in [6.45, 7) is 0.970. The average molecular weight is 341 g/mol. The maximum Gasteiger partial charge on any atom is 0.220 e. The van der Waals surface area contributed by atoms with Crippen molar-refractivity contribution in [3.63, 3.8) is 0 Å². The number of hydrogen-bond donors (Lipinski definition) is 0. The van der Waals surface area contributed by atoms with Crippen molar-refractivity contribution >= 4 is 5.78 Å². The van der Waals surface area contributed by atoms with Gasteiger partial charge in [0, 0.05) is 11.5 Å². The number of rotatable bonds is 3. The van der Waals surface area contributed by atoms with Crippen molar-refractivity contribution in [1.29, 1.82) is 0 Å². The molecule has 5 nitrogen and oxygen atoms in total. The van der Waals surface area contributed by atoms with Gasteiger partial charge in [0.1, 0.15) is 0 Å². The van der Waals surface area contributed by atoms with Gasteiger partial charge in [-0.15, -0.1) is 0 Å². The van der Waals surface area contributed by atoms with E-state index >= 15 is 0 Å². The first-order chi connectivity index (χ1) is 12.0. The van der Waals surface area contributed by atoms with Crippen LogP contribution in [-0.2, 0) is 21.4 Å². The van der Waals surface area contributed by atoms with E-state index in [2.05, 4.69) is 24.1 Å². The number of benzene rings is 1. The molecule has 5 heteroatoms. The molecule has 1 heterocycles. The Kier molecular flexibility index (Phi) is 3.65. The van der Waals surface area contributed by atoms with Gasteiger partial charge in [0.2, 0.25) is 5.78 Å². The van der Waals surface area contributed by atoms with Crippen molar-refractivity contribution in [3.8, 4) is 11.5 Å². The van der Waals surface area contributed by atoms with Crippen LogP contribution in [0.1, 0.15) is 17.5 Å². The topological polar surface area (TPSA) is 48.0 Å². The molecular formula is C20H23NO4. The molecular weight excluding hydrogens is 318 g/mol. The van der Waals surface area contributed by atoms with Crippen LogP contribution in [0, 0.1) is 0 Å². The van der Waals surface area contributed by atoms with Crippen molar-refractivity contribution in [2.45, 2.75) is 24.3 Å². The second kappa shape index (κ2) is 5.63. The lowest BCUT2D eigenvalue weighted by Gasteiger charge is -2.52. The molecule has 2 bridgehead atoms. The van der Waals surface area contributed by atoms with Crippen molar-refractivity contribution < 1.29 is 19.0 Å². The molecule has 0 unspecified atom stereocenters. The number of allylic oxidation sites excluding steroid dienone is 2. The van der Waals surface area contributed by atoms with E-state index in [1.165, 1.54) is 16.7 Å². The zero-order valence-corrected chi connectivity index (χ0v) is 15.1. The number of ketones is 1. The predicted octanol–water partition coefficient (Wildman–Crippen LogP) is 2.24. The first kappa shape index (κ1) is 16.2. The summed E-state index contributed by atoms with van der Waals surface area (Å²) in [5.74, 6) is 1.84. The Morgan fingerprint density at radius 1 is 1.12 bits per heavy atom. The van der Waals surface area contributed by atoms with Crippen LogP contribution in [0.3, 0.4) is 0 Å². The number of likely N-dealkylation sites (tertiary alicyclic amines) is 1. The fourth-order valence-corrected chi connectivity index (χ4v) is 4.58. The molecule has 0 saturated carbocycles. The van der Waals surface area contributed by atoms with Crippen molar-refractivity contribution in [2.24, 2.45) is 0 Å². The fraction of sp³-hybridized carbons (Fsp3) is 0.450. The summed E-state index contributed by atoms with van der Waals surface area (Å²) in [5, 5.41) is 0. The Hall–Kier alpha value is -2.27. The highest BCUT2D eigenvalue weighted by atomic mass is 16.5. The van der Waals surface area contributed by atoms with E-state index in [4.69, 9.17) is 14.2 Å². The van der Waals surface area contributed by atoms with E-state index in [9.17, 15) is 4.79 Å². The summed E-state index contributed by atoms with van der Waals surface area (Å²) in [4.78, 5) is 14.8. The third kappa shape index (κ3) is 2.15. The molecule has 0 radical (unpaired) electrons. The second-order valence-electron chi connectivity index (χ2n) is 6.96. The summed E-state index contributed by atoms with van der Waals surface area (Å²) in [5.41, 5.74) is 3.31. The van der Waals surface area contributed by atoms with E-state index in [1.807, 2.05) is 6.08 Å². The normalized spacial score (nSPS) is 27.7. The molecule has 0 amide bonds. The van der Waals surface area contributed by atoms with Crippen LogP contribution < -0.4 is 9.47 Å². The van der Waals surface area contributed by atoms with Crippen LogP contribution in [0.2, 0.25) is 0 Å². The summed E-state index contributed by atoms with van der Waals surface area (Å²) >= 11 is 0. The van der Waals surface area contributed by atoms with Crippen molar-refractivity contribution in [3.05, 3.63) is 46.7 Å². The van der Waals surface area contributed by atoms with Gasteiger partial charge in [0.15, 0.2) is 17.3 Å². The molecule has 2 atom stereocenters. The van der Waals surface area contributed by atoms with Gasteiger partial charge in [-0.05, 0) is 67.4 Å². The average Bonchev–Trinajstić information content (AvgIpc) is 2.63. The van der Waals surface area contributed by atoms with Crippen LogP contribution in [0.15, 0.2) is 35.6 Å². The van der Waals surface area contributed by atoms with Crippen LogP contribution >= 0.6 is 0 Å². The largest absolute Gasteiger partial charge is 0.493 e. The highest BCUT2D eigenvalue weighted by Gasteiger charge is 2.50. The van der Waals surface area contributed by atoms with E-state index in [0.29, 0.717) is 5.76 Å². The standard InChI is InChI=1S/C20H23NO4/c1-21-6-5-20-11-19(25-4)16(22)9-14(20)15(21)7-12-8-17(23-2)18(24-3)10-13(12)20/h8-11,15H,5-7H2,1-4H3/t15-,20+/m1/s1. The lowest BCUT2D eigenvalue weighted by molar-refractivity contribution is -0.114. The number of piperidine rings is 1. The maximum absolute atomic E-state index is 12.4. The first-order valence-corrected chi connectivity index (χ1v) is 8.53. The molecule has 1 aromatic rings. The van der Waals surface area contributed by atoms with Gasteiger partial charge in [-0.1, -0.05) is 0 Å². The minimum Gasteiger partial charge on any atom is -0.493 e. The zero-order valence-electron chi connectivity index (χ0n) is 15.1. The summed E-state index contributed by atoms with van der Waals surface area (Å²) < 4.78 is 16.4. The molecule has 1 saturated heterocycles. The van der Waals surface area contributed by atoms with Gasteiger partial charge in [0.25, 0.3) is 0 Å². The Bertz CT molecular complexity index is 810. The van der Waals surface area contributed by atoms with Gasteiger partial charge >= 0.3 is 0 Å². The molecule has 0 N–H and O–H groups in total. The first-order valence-electron chi connectivity index (χ1n) is 8.53. The molecule has 4 rings (SSSR count). The molecule has 3 aliphatic rings. The molecule has 1 aliphatic heterocycles. The highest BCUT2D eigenvalue weighted by molar-refractivity contribution is 6.05. The Balaban J connectivity index is 1.99. The molecule has 1 fully saturated rings. The van der Waals surface area contributed by atoms with Gasteiger partial charge < -0.3 is 14.2 Å². The predicted molar refractivity (Wildman–Crippen MR) is 94.1 cm³/mol. The van der Waals surface area contributed by atoms with E-state index < -0.39 is 0 Å². The third-order valence-corrected chi connectivity index (χ3v) is 5.90.